The van der Waals surface area contributed by atoms with Crippen LogP contribution in [0.5, 0.6) is 0 Å². The number of carboxylic acid groups (broad SMARTS) is 1. The van der Waals surface area contributed by atoms with Crippen LogP contribution in [0, 0.1) is 6.92 Å². The molecule has 0 bridgehead atoms. The van der Waals surface area contributed by atoms with Gasteiger partial charge in [0, 0.05) is 20.2 Å². The number of ether oxygens (including phenoxy) is 1. The smallest absolute Gasteiger partial charge is 0.347 e. The minimum Gasteiger partial charge on any atom is -0.477 e. The molecule has 0 spiro atoms. The number of amides is 1. The Hall–Kier alpha value is -2.17. The fourth-order valence-corrected chi connectivity index (χ4v) is 4.32. The Balaban J connectivity index is 1.70. The Morgan fingerprint density at radius 2 is 2.21 bits per heavy atom. The standard InChI is InChI=1S/C17H22ClN5O4S/c1-4-9-12(16(25)26)28-17(21-9)23-6-5-10(11(7-23)27-3)20-15(24)14-19-8(2)13(18)22-14/h10-11H,4-7H2,1-3H3,(H,19,22)(H,20,24)(H,25,26)/t10-,11+/m0/s1. The number of aromatic nitrogens is 3. The molecular weight excluding hydrogens is 406 g/mol. The summed E-state index contributed by atoms with van der Waals surface area (Å²) in [4.78, 5) is 37.5. The van der Waals surface area contributed by atoms with Gasteiger partial charge in [0.25, 0.3) is 5.91 Å². The second-order valence-electron chi connectivity index (χ2n) is 6.52. The highest BCUT2D eigenvalue weighted by molar-refractivity contribution is 7.17. The van der Waals surface area contributed by atoms with Gasteiger partial charge in [-0.2, -0.15) is 0 Å². The molecule has 11 heteroatoms. The van der Waals surface area contributed by atoms with Crippen LogP contribution in [0.3, 0.4) is 0 Å². The zero-order valence-corrected chi connectivity index (χ0v) is 17.4. The predicted molar refractivity (Wildman–Crippen MR) is 106 cm³/mol. The van der Waals surface area contributed by atoms with Crippen LogP contribution in [-0.4, -0.2) is 64.3 Å². The molecule has 0 aromatic carbocycles. The summed E-state index contributed by atoms with van der Waals surface area (Å²) in [7, 11) is 1.59. The Morgan fingerprint density at radius 1 is 1.46 bits per heavy atom. The van der Waals surface area contributed by atoms with E-state index in [2.05, 4.69) is 20.3 Å². The van der Waals surface area contributed by atoms with Crippen LogP contribution in [0.4, 0.5) is 5.13 Å². The molecule has 2 aromatic heterocycles. The van der Waals surface area contributed by atoms with Crippen LogP contribution in [-0.2, 0) is 11.2 Å². The molecule has 2 aromatic rings. The Morgan fingerprint density at radius 3 is 2.75 bits per heavy atom. The third-order valence-electron chi connectivity index (χ3n) is 4.70. The van der Waals surface area contributed by atoms with Gasteiger partial charge in [-0.05, 0) is 19.8 Å². The number of anilines is 1. The first kappa shape index (κ1) is 20.6. The van der Waals surface area contributed by atoms with Gasteiger partial charge < -0.3 is 25.0 Å². The summed E-state index contributed by atoms with van der Waals surface area (Å²) in [6.07, 6.45) is 0.913. The number of H-pyrrole nitrogens is 1. The molecule has 0 unspecified atom stereocenters. The normalized spacial score (nSPS) is 19.6. The summed E-state index contributed by atoms with van der Waals surface area (Å²) in [5.74, 6) is -1.14. The highest BCUT2D eigenvalue weighted by atomic mass is 35.5. The van der Waals surface area contributed by atoms with Crippen molar-refractivity contribution in [3.63, 3.8) is 0 Å². The first-order valence-corrected chi connectivity index (χ1v) is 10.1. The number of piperidine rings is 1. The lowest BCUT2D eigenvalue weighted by atomic mass is 10.0. The molecule has 9 nitrogen and oxygen atoms in total. The van der Waals surface area contributed by atoms with Crippen molar-refractivity contribution in [2.75, 3.05) is 25.1 Å². The molecule has 0 radical (unpaired) electrons. The van der Waals surface area contributed by atoms with Gasteiger partial charge in [0.1, 0.15) is 4.88 Å². The van der Waals surface area contributed by atoms with Crippen molar-refractivity contribution < 1.29 is 19.4 Å². The van der Waals surface area contributed by atoms with Crippen LogP contribution in [0.15, 0.2) is 0 Å². The lowest BCUT2D eigenvalue weighted by Crippen LogP contribution is -2.55. The number of carbonyl (C=O) groups excluding carboxylic acids is 1. The number of hydrogen-bond acceptors (Lipinski definition) is 7. The van der Waals surface area contributed by atoms with Gasteiger partial charge in [-0.1, -0.05) is 29.9 Å². The quantitative estimate of drug-likeness (QED) is 0.645. The van der Waals surface area contributed by atoms with Gasteiger partial charge in [-0.3, -0.25) is 4.79 Å². The fraction of sp³-hybridized carbons (Fsp3) is 0.529. The molecule has 0 aliphatic carbocycles. The van der Waals surface area contributed by atoms with E-state index in [9.17, 15) is 14.7 Å². The van der Waals surface area contributed by atoms with Crippen LogP contribution in [0.1, 0.15) is 45.0 Å². The molecule has 3 heterocycles. The van der Waals surface area contributed by atoms with E-state index in [1.165, 1.54) is 11.3 Å². The molecular formula is C17H22ClN5O4S. The van der Waals surface area contributed by atoms with Crippen LogP contribution in [0.25, 0.3) is 0 Å². The maximum absolute atomic E-state index is 12.4. The van der Waals surface area contributed by atoms with Crippen molar-refractivity contribution >= 4 is 39.9 Å². The fourth-order valence-electron chi connectivity index (χ4n) is 3.16. The molecule has 1 saturated heterocycles. The molecule has 152 valence electrons. The highest BCUT2D eigenvalue weighted by Gasteiger charge is 2.33. The van der Waals surface area contributed by atoms with Gasteiger partial charge in [0.15, 0.2) is 16.1 Å². The molecule has 3 rings (SSSR count). The number of aromatic carboxylic acids is 1. The van der Waals surface area contributed by atoms with Crippen LogP contribution in [0.2, 0.25) is 5.15 Å². The predicted octanol–water partition coefficient (Wildman–Crippen LogP) is 2.11. The molecule has 2 atom stereocenters. The molecule has 3 N–H and O–H groups in total. The van der Waals surface area contributed by atoms with E-state index in [4.69, 9.17) is 16.3 Å². The lowest BCUT2D eigenvalue weighted by Gasteiger charge is -2.37. The summed E-state index contributed by atoms with van der Waals surface area (Å²) < 4.78 is 5.58. The molecule has 1 aliphatic rings. The second kappa shape index (κ2) is 8.46. The maximum Gasteiger partial charge on any atom is 0.347 e. The van der Waals surface area contributed by atoms with Crippen molar-refractivity contribution in [2.45, 2.75) is 38.8 Å². The number of hydrogen-bond donors (Lipinski definition) is 3. The van der Waals surface area contributed by atoms with Gasteiger partial charge >= 0.3 is 5.97 Å². The highest BCUT2D eigenvalue weighted by Crippen LogP contribution is 2.29. The first-order valence-electron chi connectivity index (χ1n) is 8.87. The van der Waals surface area contributed by atoms with Gasteiger partial charge in [-0.25, -0.2) is 14.8 Å². The summed E-state index contributed by atoms with van der Waals surface area (Å²) >= 11 is 7.08. The monoisotopic (exact) mass is 427 g/mol. The lowest BCUT2D eigenvalue weighted by molar-refractivity contribution is 0.0538. The number of nitrogens with one attached hydrogen (secondary N) is 2. The van der Waals surface area contributed by atoms with E-state index in [0.717, 1.165) is 0 Å². The molecule has 28 heavy (non-hydrogen) atoms. The molecule has 1 fully saturated rings. The van der Waals surface area contributed by atoms with E-state index in [1.54, 1.807) is 14.0 Å². The second-order valence-corrected chi connectivity index (χ2v) is 7.86. The number of aryl methyl sites for hydroxylation is 2. The van der Waals surface area contributed by atoms with Gasteiger partial charge in [-0.15, -0.1) is 0 Å². The summed E-state index contributed by atoms with van der Waals surface area (Å²) in [5, 5.41) is 13.2. The van der Waals surface area contributed by atoms with Gasteiger partial charge in [0.2, 0.25) is 0 Å². The third-order valence-corrected chi connectivity index (χ3v) is 6.22. The van der Waals surface area contributed by atoms with E-state index in [-0.39, 0.29) is 33.9 Å². The number of imidazole rings is 1. The zero-order chi connectivity index (χ0) is 20.4. The van der Waals surface area contributed by atoms with Crippen molar-refractivity contribution in [3.05, 3.63) is 27.2 Å². The number of carbonyl (C=O) groups is 2. The van der Waals surface area contributed by atoms with Crippen molar-refractivity contribution in [1.82, 2.24) is 20.3 Å². The largest absolute Gasteiger partial charge is 0.477 e. The minimum atomic E-state index is -0.960. The summed E-state index contributed by atoms with van der Waals surface area (Å²) in [6.45, 7) is 4.74. The van der Waals surface area contributed by atoms with E-state index >= 15 is 0 Å². The van der Waals surface area contributed by atoms with E-state index in [1.807, 2.05) is 11.8 Å². The maximum atomic E-state index is 12.4. The zero-order valence-electron chi connectivity index (χ0n) is 15.8. The molecule has 1 amide bonds. The number of thiazole rings is 1. The van der Waals surface area contributed by atoms with E-state index in [0.29, 0.717) is 42.5 Å². The number of aromatic amines is 1. The number of carboxylic acids is 1. The van der Waals surface area contributed by atoms with Crippen molar-refractivity contribution in [1.29, 1.82) is 0 Å². The Labute approximate surface area is 171 Å². The van der Waals surface area contributed by atoms with Crippen LogP contribution >= 0.6 is 22.9 Å². The third kappa shape index (κ3) is 4.13. The first-order chi connectivity index (χ1) is 13.3. The Bertz CT molecular complexity index is 864. The number of halogens is 1. The average Bonchev–Trinajstić information content (AvgIpc) is 3.26. The SMILES string of the molecule is CCc1nc(N2CC[C@H](NC(=O)c3nc(Cl)c(C)[nH]3)[C@H](OC)C2)sc1C(=O)O. The summed E-state index contributed by atoms with van der Waals surface area (Å²) in [5.41, 5.74) is 1.22. The van der Waals surface area contributed by atoms with Crippen molar-refractivity contribution in [3.8, 4) is 0 Å². The molecule has 0 saturated carbocycles. The van der Waals surface area contributed by atoms with E-state index < -0.39 is 5.97 Å². The topological polar surface area (TPSA) is 120 Å². The summed E-state index contributed by atoms with van der Waals surface area (Å²) in [6, 6.07) is -0.206. The number of nitrogens with zero attached hydrogens (tertiary/aromatic N) is 3. The van der Waals surface area contributed by atoms with Crippen LogP contribution < -0.4 is 10.2 Å². The molecule has 1 aliphatic heterocycles. The van der Waals surface area contributed by atoms with Crippen molar-refractivity contribution in [2.24, 2.45) is 0 Å². The van der Waals surface area contributed by atoms with Gasteiger partial charge in [0.05, 0.1) is 23.5 Å². The minimum absolute atomic E-state index is 0.165. The Kier molecular flexibility index (Phi) is 6.21. The number of methoxy groups -OCH3 is 1. The average molecular weight is 428 g/mol. The number of rotatable bonds is 6.